The molecule has 12 N–H and O–H groups in total. The summed E-state index contributed by atoms with van der Waals surface area (Å²) in [5.41, 5.74) is 16.3. The number of nitrogens with one attached hydrogen (secondary N) is 4. The number of phenols is 1. The van der Waals surface area contributed by atoms with E-state index in [1.165, 1.54) is 24.3 Å². The summed E-state index contributed by atoms with van der Waals surface area (Å²) >= 11 is 0. The molecule has 1 saturated heterocycles. The van der Waals surface area contributed by atoms with E-state index >= 15 is 0 Å². The number of phenolic OH excluding ortho intramolecular Hbond substituents is 1. The lowest BCUT2D eigenvalue weighted by molar-refractivity contribution is -0.385. The number of hydrogen-bond donors (Lipinski definition) is 9. The quantitative estimate of drug-likeness (QED) is 0.0448. The molecule has 56 heavy (non-hydrogen) atoms. The highest BCUT2D eigenvalue weighted by molar-refractivity contribution is 6.03. The molecule has 0 saturated carbocycles. The molecule has 21 nitrogen and oxygen atoms in total. The van der Waals surface area contributed by atoms with Gasteiger partial charge in [0.1, 0.15) is 30.2 Å². The van der Waals surface area contributed by atoms with Gasteiger partial charge >= 0.3 is 11.7 Å². The number of carbonyl (C=O) groups excluding carboxylic acids is 7. The first kappa shape index (κ1) is 43.6. The fraction of sp³-hybridized carbons (Fsp3) is 0.429. The fourth-order valence-corrected chi connectivity index (χ4v) is 6.04. The van der Waals surface area contributed by atoms with Crippen LogP contribution in [-0.4, -0.2) is 104 Å². The molecule has 0 unspecified atom stereocenters. The topological polar surface area (TPSA) is 350 Å². The van der Waals surface area contributed by atoms with Gasteiger partial charge in [-0.15, -0.1) is 0 Å². The van der Waals surface area contributed by atoms with Gasteiger partial charge in [0, 0.05) is 24.7 Å². The van der Waals surface area contributed by atoms with Gasteiger partial charge in [0.25, 0.3) is 5.91 Å². The van der Waals surface area contributed by atoms with Crippen LogP contribution in [-0.2, 0) is 40.0 Å². The van der Waals surface area contributed by atoms with Crippen molar-refractivity contribution in [2.75, 3.05) is 12.3 Å². The van der Waals surface area contributed by atoms with Gasteiger partial charge < -0.3 is 53.6 Å². The summed E-state index contributed by atoms with van der Waals surface area (Å²) in [6.45, 7) is 3.49. The van der Waals surface area contributed by atoms with Crippen LogP contribution in [0.3, 0.4) is 0 Å². The number of hydrogen-bond acceptors (Lipinski definition) is 12. The minimum atomic E-state index is -1.73. The minimum absolute atomic E-state index is 0.0197. The number of carboxylic acids is 1. The zero-order chi connectivity index (χ0) is 41.9. The molecule has 0 radical (unpaired) electrons. The highest BCUT2D eigenvalue weighted by Crippen LogP contribution is 2.27. The zero-order valence-corrected chi connectivity index (χ0v) is 30.6. The normalized spacial score (nSPS) is 15.8. The van der Waals surface area contributed by atoms with Gasteiger partial charge in [0.2, 0.25) is 35.4 Å². The Morgan fingerprint density at radius 2 is 1.54 bits per heavy atom. The third-order valence-corrected chi connectivity index (χ3v) is 8.74. The van der Waals surface area contributed by atoms with E-state index < -0.39 is 107 Å². The summed E-state index contributed by atoms with van der Waals surface area (Å²) in [5.74, 6) is -8.87. The van der Waals surface area contributed by atoms with Crippen molar-refractivity contribution in [1.82, 2.24) is 26.2 Å². The standard InChI is InChI=1S/C35H45N9O12/c1-17(2)12-22(32(51)39-21(30(38)49)13-18-9-10-27(45)26(14-18)44(55)56)41-34(53)25-8-5-11-43(25)35(54)24(15-28(37)46)42-33(52)23(16-29(47)48)40-31(50)19-6-3-4-7-20(19)36/h3-4,6-7,9-10,14,17,21-25,45H,5,8,11-13,15-16,36H2,1-2H3,(H2,37,46)(H2,38,49)(H,39,51)(H,40,50)(H,41,53)(H,42,52)(H,47,48)/t21-,22-,23-,24-,25-/m0/s1. The summed E-state index contributed by atoms with van der Waals surface area (Å²) in [6.07, 6.45) is -1.52. The Kier molecular flexibility index (Phi) is 15.2. The maximum atomic E-state index is 13.9. The summed E-state index contributed by atoms with van der Waals surface area (Å²) in [7, 11) is 0. The molecule has 21 heteroatoms. The van der Waals surface area contributed by atoms with E-state index in [0.717, 1.165) is 17.0 Å². The van der Waals surface area contributed by atoms with Crippen LogP contribution in [0.15, 0.2) is 42.5 Å². The van der Waals surface area contributed by atoms with E-state index in [4.69, 9.17) is 17.2 Å². The van der Waals surface area contributed by atoms with E-state index in [-0.39, 0.29) is 48.5 Å². The first-order valence-corrected chi connectivity index (χ1v) is 17.4. The van der Waals surface area contributed by atoms with Gasteiger partial charge in [-0.1, -0.05) is 32.0 Å². The maximum Gasteiger partial charge on any atom is 0.310 e. The van der Waals surface area contributed by atoms with Gasteiger partial charge in [-0.25, -0.2) is 0 Å². The lowest BCUT2D eigenvalue weighted by Crippen LogP contribution is -2.59. The number of carbonyl (C=O) groups is 8. The number of nitro benzene ring substituents is 1. The van der Waals surface area contributed by atoms with Crippen LogP contribution in [0.25, 0.3) is 0 Å². The number of likely N-dealkylation sites (tertiary alicyclic amines) is 1. The SMILES string of the molecule is CC(C)C[C@H](NC(=O)[C@@H]1CCCN1C(=O)[C@H](CC(N)=O)NC(=O)[C@H](CC(=O)O)NC(=O)c1ccccc1N)C(=O)N[C@@H](Cc1ccc(O)c([N+](=O)[O-])c1)C(N)=O. The molecule has 0 spiro atoms. The number of nitrogens with zero attached hydrogens (tertiary/aromatic N) is 2. The first-order chi connectivity index (χ1) is 26.3. The van der Waals surface area contributed by atoms with Crippen molar-refractivity contribution >= 4 is 58.7 Å². The molecule has 0 bridgehead atoms. The fourth-order valence-electron chi connectivity index (χ4n) is 6.04. The van der Waals surface area contributed by atoms with Crippen LogP contribution in [0.2, 0.25) is 0 Å². The molecule has 1 fully saturated rings. The van der Waals surface area contributed by atoms with Crippen LogP contribution in [0.4, 0.5) is 11.4 Å². The van der Waals surface area contributed by atoms with Crippen LogP contribution in [0, 0.1) is 16.0 Å². The molecule has 1 aliphatic heterocycles. The van der Waals surface area contributed by atoms with Crippen molar-refractivity contribution in [3.05, 3.63) is 63.7 Å². The number of para-hydroxylation sites is 1. The highest BCUT2D eigenvalue weighted by atomic mass is 16.6. The number of nitrogen functional groups attached to an aromatic ring is 1. The van der Waals surface area contributed by atoms with Gasteiger partial charge in [-0.3, -0.25) is 48.5 Å². The molecule has 0 aliphatic carbocycles. The number of amides is 7. The van der Waals surface area contributed by atoms with Gasteiger partial charge in [0.05, 0.1) is 23.3 Å². The number of primary amides is 2. The average Bonchev–Trinajstić information content (AvgIpc) is 3.60. The van der Waals surface area contributed by atoms with Gasteiger partial charge in [-0.2, -0.15) is 0 Å². The maximum absolute atomic E-state index is 13.9. The van der Waals surface area contributed by atoms with Crippen molar-refractivity contribution in [1.29, 1.82) is 0 Å². The number of aromatic hydroxyl groups is 1. The number of rotatable bonds is 19. The second kappa shape index (κ2) is 19.5. The van der Waals surface area contributed by atoms with Gasteiger partial charge in [0.15, 0.2) is 5.75 Å². The van der Waals surface area contributed by atoms with E-state index in [0.29, 0.717) is 6.42 Å². The van der Waals surface area contributed by atoms with Crippen LogP contribution < -0.4 is 38.5 Å². The van der Waals surface area contributed by atoms with Crippen molar-refractivity contribution in [2.24, 2.45) is 17.4 Å². The largest absolute Gasteiger partial charge is 0.502 e. The lowest BCUT2D eigenvalue weighted by atomic mass is 10.0. The van der Waals surface area contributed by atoms with Crippen molar-refractivity contribution in [2.45, 2.75) is 82.6 Å². The predicted molar refractivity (Wildman–Crippen MR) is 196 cm³/mol. The molecular weight excluding hydrogens is 738 g/mol. The molecular formula is C35H45N9O12. The predicted octanol–water partition coefficient (Wildman–Crippen LogP) is -1.45. The molecule has 1 heterocycles. The summed E-state index contributed by atoms with van der Waals surface area (Å²) < 4.78 is 0. The molecule has 1 aliphatic rings. The third-order valence-electron chi connectivity index (χ3n) is 8.74. The third kappa shape index (κ3) is 12.1. The highest BCUT2D eigenvalue weighted by Gasteiger charge is 2.40. The molecule has 7 amide bonds. The van der Waals surface area contributed by atoms with Crippen molar-refractivity contribution in [3.8, 4) is 5.75 Å². The van der Waals surface area contributed by atoms with Crippen molar-refractivity contribution in [3.63, 3.8) is 0 Å². The van der Waals surface area contributed by atoms with Crippen LogP contribution in [0.1, 0.15) is 61.9 Å². The number of benzene rings is 2. The van der Waals surface area contributed by atoms with E-state index in [1.54, 1.807) is 19.9 Å². The number of nitrogens with two attached hydrogens (primary N) is 3. The molecule has 2 aromatic rings. The smallest absolute Gasteiger partial charge is 0.310 e. The van der Waals surface area contributed by atoms with Crippen LogP contribution in [0.5, 0.6) is 5.75 Å². The summed E-state index contributed by atoms with van der Waals surface area (Å²) in [4.78, 5) is 115. The lowest BCUT2D eigenvalue weighted by Gasteiger charge is -2.30. The Balaban J connectivity index is 1.79. The molecule has 0 aromatic heterocycles. The summed E-state index contributed by atoms with van der Waals surface area (Å²) in [6, 6.07) is 1.90. The Morgan fingerprint density at radius 1 is 0.893 bits per heavy atom. The Labute approximate surface area is 319 Å². The molecule has 2 aromatic carbocycles. The number of carboxylic acid groups (broad SMARTS) is 1. The second-order valence-corrected chi connectivity index (χ2v) is 13.6. The van der Waals surface area contributed by atoms with Crippen molar-refractivity contribution < 1.29 is 53.5 Å². The van der Waals surface area contributed by atoms with E-state index in [9.17, 15) is 58.7 Å². The van der Waals surface area contributed by atoms with E-state index in [2.05, 4.69) is 21.3 Å². The zero-order valence-electron chi connectivity index (χ0n) is 30.6. The minimum Gasteiger partial charge on any atom is -0.502 e. The number of aliphatic carboxylic acids is 1. The Hall–Kier alpha value is -6.80. The van der Waals surface area contributed by atoms with Gasteiger partial charge in [-0.05, 0) is 48.9 Å². The number of anilines is 1. The summed E-state index contributed by atoms with van der Waals surface area (Å²) in [5, 5.41) is 40.1. The number of nitro groups is 1. The molecule has 302 valence electrons. The second-order valence-electron chi connectivity index (χ2n) is 13.6. The first-order valence-electron chi connectivity index (χ1n) is 17.4. The average molecular weight is 784 g/mol. The Bertz CT molecular complexity index is 1870. The molecule has 5 atom stereocenters. The monoisotopic (exact) mass is 783 g/mol. The Morgan fingerprint density at radius 3 is 2.12 bits per heavy atom. The van der Waals surface area contributed by atoms with Crippen LogP contribution >= 0.6 is 0 Å². The van der Waals surface area contributed by atoms with E-state index in [1.807, 2.05) is 0 Å². The molecule has 3 rings (SSSR count).